The van der Waals surface area contributed by atoms with Gasteiger partial charge in [-0.25, -0.2) is 13.2 Å². The number of sulfonamides is 1. The van der Waals surface area contributed by atoms with E-state index >= 15 is 0 Å². The number of pyridine rings is 1. The molecule has 0 saturated carbocycles. The Morgan fingerprint density at radius 3 is 2.67 bits per heavy atom. The van der Waals surface area contributed by atoms with Gasteiger partial charge < -0.3 is 10.0 Å². The Balaban J connectivity index is 1.82. The molecule has 1 aromatic carbocycles. The molecule has 0 spiro atoms. The number of aromatic nitrogens is 1. The maximum absolute atomic E-state index is 12.8. The second-order valence-corrected chi connectivity index (χ2v) is 8.27. The number of aliphatic carboxylic acids is 1. The van der Waals surface area contributed by atoms with Gasteiger partial charge in [-0.3, -0.25) is 9.78 Å². The Hall–Kier alpha value is -2.78. The predicted octanol–water partition coefficient (Wildman–Crippen LogP) is 0.913. The van der Waals surface area contributed by atoms with Gasteiger partial charge in [-0.05, 0) is 29.7 Å². The van der Waals surface area contributed by atoms with Gasteiger partial charge in [0.1, 0.15) is 4.90 Å². The third-order valence-corrected chi connectivity index (χ3v) is 6.33. The van der Waals surface area contributed by atoms with E-state index < -0.39 is 34.5 Å². The number of rotatable bonds is 5. The minimum atomic E-state index is -3.90. The Bertz CT molecular complexity index is 962. The maximum Gasteiger partial charge on any atom is 0.331 e. The van der Waals surface area contributed by atoms with Gasteiger partial charge in [-0.2, -0.15) is 4.31 Å². The second-order valence-electron chi connectivity index (χ2n) is 6.23. The molecule has 0 radical (unpaired) electrons. The van der Waals surface area contributed by atoms with Gasteiger partial charge in [0.15, 0.2) is 6.04 Å². The maximum atomic E-state index is 12.8. The average molecular weight is 389 g/mol. The number of carbonyl (C=O) groups excluding carboxylic acids is 1. The molecule has 1 atom stereocenters. The molecular formula is C18H19N3O5S. The monoisotopic (exact) mass is 389 g/mol. The van der Waals surface area contributed by atoms with Crippen molar-refractivity contribution in [1.29, 1.82) is 0 Å². The molecule has 0 saturated heterocycles. The van der Waals surface area contributed by atoms with Gasteiger partial charge in [0.2, 0.25) is 15.9 Å². The lowest BCUT2D eigenvalue weighted by Crippen LogP contribution is -2.47. The lowest BCUT2D eigenvalue weighted by atomic mass is 9.92. The molecule has 2 heterocycles. The number of benzene rings is 1. The van der Waals surface area contributed by atoms with E-state index in [1.807, 2.05) is 12.1 Å². The smallest absolute Gasteiger partial charge is 0.331 e. The molecule has 142 valence electrons. The third-order valence-electron chi connectivity index (χ3n) is 4.54. The molecule has 0 bridgehead atoms. The predicted molar refractivity (Wildman–Crippen MR) is 96.3 cm³/mol. The van der Waals surface area contributed by atoms with Crippen LogP contribution in [0.3, 0.4) is 0 Å². The number of carboxylic acid groups (broad SMARTS) is 1. The van der Waals surface area contributed by atoms with Crippen molar-refractivity contribution in [2.45, 2.75) is 17.4 Å². The average Bonchev–Trinajstić information content (AvgIpc) is 2.67. The molecule has 1 aliphatic heterocycles. The molecule has 9 heteroatoms. The van der Waals surface area contributed by atoms with Crippen LogP contribution in [0.1, 0.15) is 17.2 Å². The molecule has 1 aliphatic rings. The van der Waals surface area contributed by atoms with Crippen LogP contribution in [-0.4, -0.2) is 59.7 Å². The summed E-state index contributed by atoms with van der Waals surface area (Å²) in [5.41, 5.74) is 1.44. The molecule has 2 aromatic rings. The first-order valence-corrected chi connectivity index (χ1v) is 9.73. The summed E-state index contributed by atoms with van der Waals surface area (Å²) < 4.78 is 26.0. The molecule has 1 unspecified atom stereocenters. The fourth-order valence-corrected chi connectivity index (χ4v) is 4.23. The van der Waals surface area contributed by atoms with Crippen LogP contribution < -0.4 is 0 Å². The highest BCUT2D eigenvalue weighted by atomic mass is 32.2. The number of carbonyl (C=O) groups is 2. The van der Waals surface area contributed by atoms with Gasteiger partial charge in [0, 0.05) is 26.0 Å². The minimum Gasteiger partial charge on any atom is -0.479 e. The lowest BCUT2D eigenvalue weighted by molar-refractivity contribution is -0.151. The van der Waals surface area contributed by atoms with Crippen LogP contribution in [0.25, 0.3) is 0 Å². The van der Waals surface area contributed by atoms with Crippen molar-refractivity contribution in [3.8, 4) is 0 Å². The highest BCUT2D eigenvalue weighted by Crippen LogP contribution is 2.30. The topological polar surface area (TPSA) is 108 Å². The summed E-state index contributed by atoms with van der Waals surface area (Å²) in [5, 5.41) is 9.64. The Kier molecular flexibility index (Phi) is 5.24. The molecule has 1 N–H and O–H groups in total. The first kappa shape index (κ1) is 19.0. The second kappa shape index (κ2) is 7.45. The number of carboxylic acids is 1. The van der Waals surface area contributed by atoms with E-state index in [0.29, 0.717) is 12.0 Å². The minimum absolute atomic E-state index is 0.0286. The molecule has 0 aliphatic carbocycles. The third kappa shape index (κ3) is 3.69. The van der Waals surface area contributed by atoms with Gasteiger partial charge in [-0.15, -0.1) is 0 Å². The van der Waals surface area contributed by atoms with E-state index in [4.69, 9.17) is 0 Å². The molecule has 1 amide bonds. The fourth-order valence-electron chi connectivity index (χ4n) is 3.15. The fraction of sp³-hybridized carbons (Fsp3) is 0.278. The molecule has 8 nitrogen and oxygen atoms in total. The van der Waals surface area contributed by atoms with Crippen LogP contribution in [0.2, 0.25) is 0 Å². The Morgan fingerprint density at radius 2 is 2.00 bits per heavy atom. The van der Waals surface area contributed by atoms with Crippen molar-refractivity contribution in [1.82, 2.24) is 14.2 Å². The quantitative estimate of drug-likeness (QED) is 0.814. The van der Waals surface area contributed by atoms with Crippen molar-refractivity contribution in [2.24, 2.45) is 0 Å². The van der Waals surface area contributed by atoms with Crippen LogP contribution in [-0.2, 0) is 26.0 Å². The molecule has 3 rings (SSSR count). The van der Waals surface area contributed by atoms with E-state index in [0.717, 1.165) is 9.87 Å². The molecule has 27 heavy (non-hydrogen) atoms. The standard InChI is InChI=1S/C18H19N3O5S/c1-20(27(25,26)14-6-4-9-19-11-14)12-16(22)21-10-8-13-5-2-3-7-15(13)17(21)18(23)24/h2-7,9,11,17H,8,10,12H2,1H3,(H,23,24). The zero-order chi connectivity index (χ0) is 19.6. The SMILES string of the molecule is CN(CC(=O)N1CCc2ccccc2C1C(=O)O)S(=O)(=O)c1cccnc1. The van der Waals surface area contributed by atoms with Gasteiger partial charge >= 0.3 is 5.97 Å². The highest BCUT2D eigenvalue weighted by Gasteiger charge is 2.37. The van der Waals surface area contributed by atoms with E-state index in [-0.39, 0.29) is 11.4 Å². The summed E-state index contributed by atoms with van der Waals surface area (Å²) in [4.78, 5) is 29.5. The number of hydrogen-bond donors (Lipinski definition) is 1. The van der Waals surface area contributed by atoms with E-state index in [1.54, 1.807) is 12.1 Å². The number of likely N-dealkylation sites (N-methyl/N-ethyl adjacent to an activating group) is 1. The van der Waals surface area contributed by atoms with E-state index in [1.165, 1.54) is 36.5 Å². The summed E-state index contributed by atoms with van der Waals surface area (Å²) in [6.07, 6.45) is 3.17. The summed E-state index contributed by atoms with van der Waals surface area (Å²) in [6.45, 7) is -0.239. The molecular weight excluding hydrogens is 370 g/mol. The van der Waals surface area contributed by atoms with Crippen LogP contribution in [0.15, 0.2) is 53.7 Å². The largest absolute Gasteiger partial charge is 0.479 e. The van der Waals surface area contributed by atoms with Crippen molar-refractivity contribution in [2.75, 3.05) is 20.1 Å². The van der Waals surface area contributed by atoms with Crippen LogP contribution in [0, 0.1) is 0 Å². The summed E-state index contributed by atoms with van der Waals surface area (Å²) >= 11 is 0. The zero-order valence-electron chi connectivity index (χ0n) is 14.6. The van der Waals surface area contributed by atoms with Crippen LogP contribution in [0.5, 0.6) is 0 Å². The van der Waals surface area contributed by atoms with Crippen molar-refractivity contribution in [3.05, 3.63) is 59.9 Å². The van der Waals surface area contributed by atoms with Gasteiger partial charge in [0.05, 0.1) is 6.54 Å². The number of fused-ring (bicyclic) bond motifs is 1. The lowest BCUT2D eigenvalue weighted by Gasteiger charge is -2.35. The van der Waals surface area contributed by atoms with Crippen LogP contribution in [0.4, 0.5) is 0 Å². The number of nitrogens with zero attached hydrogens (tertiary/aromatic N) is 3. The first-order chi connectivity index (χ1) is 12.8. The van der Waals surface area contributed by atoms with E-state index in [9.17, 15) is 23.1 Å². The van der Waals surface area contributed by atoms with Crippen molar-refractivity contribution in [3.63, 3.8) is 0 Å². The summed E-state index contributed by atoms with van der Waals surface area (Å²) in [7, 11) is -2.61. The van der Waals surface area contributed by atoms with Crippen LogP contribution >= 0.6 is 0 Å². The first-order valence-electron chi connectivity index (χ1n) is 8.29. The number of hydrogen-bond acceptors (Lipinski definition) is 5. The normalized spacial score (nSPS) is 16.8. The van der Waals surface area contributed by atoms with E-state index in [2.05, 4.69) is 4.98 Å². The highest BCUT2D eigenvalue weighted by molar-refractivity contribution is 7.89. The molecule has 1 aromatic heterocycles. The summed E-state index contributed by atoms with van der Waals surface area (Å²) in [5.74, 6) is -1.71. The number of amides is 1. The molecule has 0 fully saturated rings. The van der Waals surface area contributed by atoms with Crippen molar-refractivity contribution < 1.29 is 23.1 Å². The Morgan fingerprint density at radius 1 is 1.26 bits per heavy atom. The van der Waals surface area contributed by atoms with Crippen molar-refractivity contribution >= 4 is 21.9 Å². The van der Waals surface area contributed by atoms with Gasteiger partial charge in [0.25, 0.3) is 0 Å². The Labute approximate surface area is 157 Å². The van der Waals surface area contributed by atoms with Gasteiger partial charge in [-0.1, -0.05) is 24.3 Å². The summed E-state index contributed by atoms with van der Waals surface area (Å²) in [6, 6.07) is 8.82. The zero-order valence-corrected chi connectivity index (χ0v) is 15.5.